The van der Waals surface area contributed by atoms with E-state index in [2.05, 4.69) is 0 Å². The molecule has 1 aromatic rings. The van der Waals surface area contributed by atoms with Crippen molar-refractivity contribution in [1.82, 2.24) is 5.48 Å². The van der Waals surface area contributed by atoms with Crippen LogP contribution < -0.4 is 10.8 Å². The number of hydrogen-bond acceptors (Lipinski definition) is 3. The van der Waals surface area contributed by atoms with Crippen LogP contribution in [-0.2, 0) is 9.57 Å². The van der Waals surface area contributed by atoms with Crippen molar-refractivity contribution in [3.63, 3.8) is 0 Å². The highest BCUT2D eigenvalue weighted by molar-refractivity contribution is 5.88. The topological polar surface area (TPSA) is 59.6 Å². The molecule has 20 heavy (non-hydrogen) atoms. The summed E-state index contributed by atoms with van der Waals surface area (Å²) in [4.78, 5) is 16.3. The number of halogens is 3. The van der Waals surface area contributed by atoms with Gasteiger partial charge in [0.1, 0.15) is 11.5 Å². The van der Waals surface area contributed by atoms with Crippen LogP contribution in [0.4, 0.5) is 23.7 Å². The Labute approximate surface area is 113 Å². The number of hydroxylamine groups is 1. The Bertz CT molecular complexity index is 470. The van der Waals surface area contributed by atoms with Crippen LogP contribution in [0.15, 0.2) is 12.1 Å². The molecule has 1 aliphatic heterocycles. The van der Waals surface area contributed by atoms with Gasteiger partial charge < -0.3 is 10.1 Å². The summed E-state index contributed by atoms with van der Waals surface area (Å²) >= 11 is 0. The zero-order chi connectivity index (χ0) is 14.5. The van der Waals surface area contributed by atoms with Crippen LogP contribution >= 0.6 is 0 Å². The van der Waals surface area contributed by atoms with Crippen molar-refractivity contribution in [2.45, 2.75) is 25.6 Å². The van der Waals surface area contributed by atoms with Gasteiger partial charge in [-0.3, -0.25) is 0 Å². The fourth-order valence-corrected chi connectivity index (χ4v) is 1.72. The third-order valence-electron chi connectivity index (χ3n) is 2.67. The third-order valence-corrected chi connectivity index (χ3v) is 2.67. The van der Waals surface area contributed by atoms with Gasteiger partial charge >= 0.3 is 6.03 Å². The zero-order valence-corrected chi connectivity index (χ0v) is 10.4. The van der Waals surface area contributed by atoms with Crippen LogP contribution in [-0.4, -0.2) is 18.9 Å². The fourth-order valence-electron chi connectivity index (χ4n) is 1.72. The number of carbonyl (C=O) groups is 1. The van der Waals surface area contributed by atoms with Crippen LogP contribution in [0.3, 0.4) is 0 Å². The van der Waals surface area contributed by atoms with E-state index in [4.69, 9.17) is 9.57 Å². The van der Waals surface area contributed by atoms with Gasteiger partial charge in [0.05, 0.1) is 0 Å². The van der Waals surface area contributed by atoms with Crippen LogP contribution in [0.25, 0.3) is 0 Å². The third kappa shape index (κ3) is 3.84. The number of hydrogen-bond donors (Lipinski definition) is 2. The lowest BCUT2D eigenvalue weighted by atomic mass is 10.2. The molecule has 2 amide bonds. The number of ether oxygens (including phenoxy) is 1. The van der Waals surface area contributed by atoms with Crippen molar-refractivity contribution < 1.29 is 27.5 Å². The van der Waals surface area contributed by atoms with Gasteiger partial charge in [0.25, 0.3) is 0 Å². The number of rotatable bonds is 3. The summed E-state index contributed by atoms with van der Waals surface area (Å²) in [6.07, 6.45) is 1.84. The van der Waals surface area contributed by atoms with E-state index in [0.29, 0.717) is 25.2 Å². The van der Waals surface area contributed by atoms with Crippen LogP contribution in [0.1, 0.15) is 19.3 Å². The molecule has 1 saturated heterocycles. The second-order valence-corrected chi connectivity index (χ2v) is 4.21. The largest absolute Gasteiger partial charge is 0.350 e. The summed E-state index contributed by atoms with van der Waals surface area (Å²) in [7, 11) is 0. The molecule has 0 bridgehead atoms. The smallest absolute Gasteiger partial charge is 0.343 e. The molecule has 0 radical (unpaired) electrons. The molecule has 0 unspecified atom stereocenters. The van der Waals surface area contributed by atoms with Crippen molar-refractivity contribution in [2.75, 3.05) is 11.9 Å². The number of urea groups is 1. The first-order chi connectivity index (χ1) is 9.56. The summed E-state index contributed by atoms with van der Waals surface area (Å²) in [5, 5.41) is 1.90. The van der Waals surface area contributed by atoms with E-state index in [9.17, 15) is 18.0 Å². The van der Waals surface area contributed by atoms with Gasteiger partial charge in [0.2, 0.25) is 0 Å². The lowest BCUT2D eigenvalue weighted by Crippen LogP contribution is -2.36. The number of anilines is 1. The van der Waals surface area contributed by atoms with Gasteiger partial charge in [-0.1, -0.05) is 0 Å². The summed E-state index contributed by atoms with van der Waals surface area (Å²) in [6.45, 7) is 0.523. The van der Waals surface area contributed by atoms with E-state index in [0.717, 1.165) is 12.8 Å². The molecule has 1 aliphatic rings. The van der Waals surface area contributed by atoms with Gasteiger partial charge in [-0.2, -0.15) is 0 Å². The maximum Gasteiger partial charge on any atom is 0.343 e. The fraction of sp³-hybridized carbons (Fsp3) is 0.417. The van der Waals surface area contributed by atoms with Crippen LogP contribution in [0, 0.1) is 17.5 Å². The van der Waals surface area contributed by atoms with E-state index in [1.807, 2.05) is 10.8 Å². The number of benzene rings is 1. The van der Waals surface area contributed by atoms with Crippen LogP contribution in [0.5, 0.6) is 0 Å². The number of carbonyl (C=O) groups excluding carboxylic acids is 1. The first-order valence-corrected chi connectivity index (χ1v) is 6.05. The molecule has 8 heteroatoms. The summed E-state index contributed by atoms with van der Waals surface area (Å²) in [6, 6.07) is -0.0586. The van der Waals surface area contributed by atoms with Gasteiger partial charge in [-0.05, 0) is 12.8 Å². The predicted molar refractivity (Wildman–Crippen MR) is 63.1 cm³/mol. The molecule has 2 rings (SSSR count). The first kappa shape index (κ1) is 14.6. The van der Waals surface area contributed by atoms with Gasteiger partial charge in [0.15, 0.2) is 17.9 Å². The molecule has 0 aliphatic carbocycles. The molecule has 5 nitrogen and oxygen atoms in total. The van der Waals surface area contributed by atoms with E-state index >= 15 is 0 Å². The Hall–Kier alpha value is -1.80. The standard InChI is InChI=1S/C12H13F3N2O3/c13-7-5-8(14)11(9(15)6-7)16-12(18)17-20-10-3-1-2-4-19-10/h5-6,10H,1-4H2,(H2,16,17,18)/t10-/m1/s1. The molecule has 1 heterocycles. The molecule has 0 saturated carbocycles. The van der Waals surface area contributed by atoms with Gasteiger partial charge in [0, 0.05) is 25.2 Å². The molecule has 1 aromatic carbocycles. The molecule has 0 spiro atoms. The average Bonchev–Trinajstić information content (AvgIpc) is 2.42. The van der Waals surface area contributed by atoms with E-state index in [1.165, 1.54) is 0 Å². The quantitative estimate of drug-likeness (QED) is 0.841. The van der Waals surface area contributed by atoms with Crippen LogP contribution in [0.2, 0.25) is 0 Å². The summed E-state index contributed by atoms with van der Waals surface area (Å²) in [5.41, 5.74) is 1.22. The molecular formula is C12H13F3N2O3. The molecule has 0 aromatic heterocycles. The Balaban J connectivity index is 1.88. The minimum absolute atomic E-state index is 0.462. The second-order valence-electron chi connectivity index (χ2n) is 4.21. The first-order valence-electron chi connectivity index (χ1n) is 6.05. The monoisotopic (exact) mass is 290 g/mol. The number of amides is 2. The lowest BCUT2D eigenvalue weighted by Gasteiger charge is -2.22. The van der Waals surface area contributed by atoms with E-state index < -0.39 is 35.5 Å². The average molecular weight is 290 g/mol. The second kappa shape index (κ2) is 6.58. The minimum atomic E-state index is -1.22. The maximum absolute atomic E-state index is 13.3. The summed E-state index contributed by atoms with van der Waals surface area (Å²) < 4.78 is 44.4. The van der Waals surface area contributed by atoms with Crippen molar-refractivity contribution in [3.8, 4) is 0 Å². The molecule has 110 valence electrons. The minimum Gasteiger partial charge on any atom is -0.350 e. The van der Waals surface area contributed by atoms with E-state index in [1.54, 1.807) is 0 Å². The van der Waals surface area contributed by atoms with Crippen molar-refractivity contribution in [2.24, 2.45) is 0 Å². The maximum atomic E-state index is 13.3. The predicted octanol–water partition coefficient (Wildman–Crippen LogP) is 2.68. The molecule has 2 N–H and O–H groups in total. The van der Waals surface area contributed by atoms with Crippen molar-refractivity contribution in [1.29, 1.82) is 0 Å². The Kier molecular flexibility index (Phi) is 4.80. The van der Waals surface area contributed by atoms with E-state index in [-0.39, 0.29) is 0 Å². The Morgan fingerprint density at radius 1 is 1.25 bits per heavy atom. The van der Waals surface area contributed by atoms with Gasteiger partial charge in [-0.15, -0.1) is 0 Å². The highest BCUT2D eigenvalue weighted by Crippen LogP contribution is 2.20. The molecular weight excluding hydrogens is 277 g/mol. The molecule has 1 fully saturated rings. The Morgan fingerprint density at radius 2 is 1.95 bits per heavy atom. The molecule has 1 atom stereocenters. The lowest BCUT2D eigenvalue weighted by molar-refractivity contribution is -0.185. The summed E-state index contributed by atoms with van der Waals surface area (Å²) in [5.74, 6) is -3.50. The Morgan fingerprint density at radius 3 is 2.55 bits per heavy atom. The van der Waals surface area contributed by atoms with Crippen molar-refractivity contribution in [3.05, 3.63) is 29.6 Å². The highest BCUT2D eigenvalue weighted by atomic mass is 19.1. The normalized spacial score (nSPS) is 18.6. The zero-order valence-electron chi connectivity index (χ0n) is 10.4. The SMILES string of the molecule is O=C(NO[C@@H]1CCCCO1)Nc1c(F)cc(F)cc1F. The highest BCUT2D eigenvalue weighted by Gasteiger charge is 2.18. The van der Waals surface area contributed by atoms with Gasteiger partial charge in [-0.25, -0.2) is 28.3 Å². The number of nitrogens with one attached hydrogen (secondary N) is 2. The van der Waals surface area contributed by atoms with Crippen molar-refractivity contribution >= 4 is 11.7 Å².